The number of piperidine rings is 1. The summed E-state index contributed by atoms with van der Waals surface area (Å²) in [6, 6.07) is 6.45. The molecule has 0 spiro atoms. The van der Waals surface area contributed by atoms with Gasteiger partial charge in [0.25, 0.3) is 0 Å². The predicted molar refractivity (Wildman–Crippen MR) is 83.4 cm³/mol. The van der Waals surface area contributed by atoms with Gasteiger partial charge in [-0.15, -0.1) is 0 Å². The minimum Gasteiger partial charge on any atom is -0.444 e. The van der Waals surface area contributed by atoms with Gasteiger partial charge in [0.15, 0.2) is 0 Å². The Morgan fingerprint density at radius 1 is 1.43 bits per heavy atom. The van der Waals surface area contributed by atoms with Crippen molar-refractivity contribution in [2.75, 3.05) is 11.4 Å². The van der Waals surface area contributed by atoms with E-state index in [1.165, 1.54) is 0 Å². The molecule has 0 radical (unpaired) electrons. The second-order valence-corrected chi connectivity index (χ2v) is 6.60. The normalized spacial score (nSPS) is 22.8. The Morgan fingerprint density at radius 2 is 2.19 bits per heavy atom. The first-order valence-corrected chi connectivity index (χ1v) is 7.52. The fraction of sp³-hybridized carbons (Fsp3) is 0.625. The predicted octanol–water partition coefficient (Wildman–Crippen LogP) is 2.96. The monoisotopic (exact) mass is 291 g/mol. The van der Waals surface area contributed by atoms with Gasteiger partial charge in [-0.3, -0.25) is 0 Å². The Morgan fingerprint density at radius 3 is 2.76 bits per heavy atom. The zero-order chi connectivity index (χ0) is 15.5. The molecule has 1 aliphatic heterocycles. The van der Waals surface area contributed by atoms with Crippen LogP contribution in [0.1, 0.15) is 40.5 Å². The first kappa shape index (κ1) is 15.6. The fourth-order valence-corrected chi connectivity index (χ4v) is 2.64. The third-order valence-corrected chi connectivity index (χ3v) is 3.54. The van der Waals surface area contributed by atoms with Crippen molar-refractivity contribution in [3.05, 3.63) is 24.4 Å². The van der Waals surface area contributed by atoms with Crippen LogP contribution in [0.25, 0.3) is 0 Å². The molecule has 0 aliphatic carbocycles. The van der Waals surface area contributed by atoms with Crippen LogP contribution >= 0.6 is 0 Å². The summed E-state index contributed by atoms with van der Waals surface area (Å²) in [5.74, 6) is 1.00. The van der Waals surface area contributed by atoms with Crippen molar-refractivity contribution in [2.24, 2.45) is 0 Å². The molecule has 2 rings (SSSR count). The number of hydrogen-bond acceptors (Lipinski definition) is 4. The van der Waals surface area contributed by atoms with Crippen molar-refractivity contribution in [2.45, 2.75) is 58.2 Å². The number of carbonyl (C=O) groups is 1. The second kappa shape index (κ2) is 6.33. The highest BCUT2D eigenvalue weighted by Gasteiger charge is 2.28. The van der Waals surface area contributed by atoms with E-state index in [0.29, 0.717) is 6.04 Å². The van der Waals surface area contributed by atoms with Crippen molar-refractivity contribution < 1.29 is 9.53 Å². The summed E-state index contributed by atoms with van der Waals surface area (Å²) in [5.41, 5.74) is -0.454. The minimum atomic E-state index is -0.454. The molecule has 5 nitrogen and oxygen atoms in total. The van der Waals surface area contributed by atoms with Gasteiger partial charge in [-0.25, -0.2) is 9.78 Å². The lowest BCUT2D eigenvalue weighted by atomic mass is 9.98. The first-order chi connectivity index (χ1) is 9.85. The number of rotatable bonds is 2. The molecule has 21 heavy (non-hydrogen) atoms. The molecular formula is C16H25N3O2. The number of ether oxygens (including phenoxy) is 1. The molecular weight excluding hydrogens is 266 g/mol. The van der Waals surface area contributed by atoms with Crippen molar-refractivity contribution in [3.63, 3.8) is 0 Å². The lowest BCUT2D eigenvalue weighted by Crippen LogP contribution is -2.50. The standard InChI is InChI=1S/C16H25N3O2/c1-12-11-13(18-15(20)21-16(2,3)4)8-10-19(12)14-7-5-6-9-17-14/h5-7,9,12-13H,8,10-11H2,1-4H3,(H,18,20). The van der Waals surface area contributed by atoms with Crippen LogP contribution in [0.3, 0.4) is 0 Å². The van der Waals surface area contributed by atoms with Crippen LogP contribution in [-0.2, 0) is 4.74 Å². The van der Waals surface area contributed by atoms with Gasteiger partial charge in [-0.05, 0) is 52.7 Å². The van der Waals surface area contributed by atoms with Crippen LogP contribution in [0, 0.1) is 0 Å². The molecule has 1 aromatic heterocycles. The molecule has 1 amide bonds. The number of hydrogen-bond donors (Lipinski definition) is 1. The fourth-order valence-electron chi connectivity index (χ4n) is 2.64. The number of aromatic nitrogens is 1. The summed E-state index contributed by atoms with van der Waals surface area (Å²) in [5, 5.41) is 2.97. The molecule has 0 saturated carbocycles. The van der Waals surface area contributed by atoms with Crippen LogP contribution in [0.5, 0.6) is 0 Å². The quantitative estimate of drug-likeness (QED) is 0.910. The Labute approximate surface area is 126 Å². The Kier molecular flexibility index (Phi) is 4.70. The van der Waals surface area contributed by atoms with E-state index in [-0.39, 0.29) is 12.1 Å². The van der Waals surface area contributed by atoms with E-state index in [1.54, 1.807) is 0 Å². The van der Waals surface area contributed by atoms with Crippen LogP contribution in [0.15, 0.2) is 24.4 Å². The van der Waals surface area contributed by atoms with E-state index in [2.05, 4.69) is 22.1 Å². The van der Waals surface area contributed by atoms with Crippen LogP contribution < -0.4 is 10.2 Å². The Hall–Kier alpha value is -1.78. The average Bonchev–Trinajstić information content (AvgIpc) is 2.37. The van der Waals surface area contributed by atoms with Gasteiger partial charge in [0.2, 0.25) is 0 Å². The van der Waals surface area contributed by atoms with Gasteiger partial charge >= 0.3 is 6.09 Å². The van der Waals surface area contributed by atoms with Crippen molar-refractivity contribution >= 4 is 11.9 Å². The number of anilines is 1. The molecule has 2 unspecified atom stereocenters. The minimum absolute atomic E-state index is 0.162. The second-order valence-electron chi connectivity index (χ2n) is 6.60. The van der Waals surface area contributed by atoms with Crippen molar-refractivity contribution in [3.8, 4) is 0 Å². The van der Waals surface area contributed by atoms with E-state index in [1.807, 2.05) is 45.2 Å². The molecule has 1 saturated heterocycles. The topological polar surface area (TPSA) is 54.5 Å². The van der Waals surface area contributed by atoms with Gasteiger partial charge in [0, 0.05) is 24.8 Å². The number of pyridine rings is 1. The number of amides is 1. The molecule has 0 aromatic carbocycles. The summed E-state index contributed by atoms with van der Waals surface area (Å²) >= 11 is 0. The summed E-state index contributed by atoms with van der Waals surface area (Å²) in [4.78, 5) is 18.5. The molecule has 1 aliphatic rings. The van der Waals surface area contributed by atoms with E-state index < -0.39 is 5.60 Å². The van der Waals surface area contributed by atoms with Crippen LogP contribution in [0.4, 0.5) is 10.6 Å². The Balaban J connectivity index is 1.88. The molecule has 1 fully saturated rings. The molecule has 2 atom stereocenters. The highest BCUT2D eigenvalue weighted by molar-refractivity contribution is 5.68. The number of nitrogens with zero attached hydrogens (tertiary/aromatic N) is 2. The van der Waals surface area contributed by atoms with Crippen molar-refractivity contribution in [1.82, 2.24) is 10.3 Å². The maximum absolute atomic E-state index is 11.8. The van der Waals surface area contributed by atoms with Crippen molar-refractivity contribution in [1.29, 1.82) is 0 Å². The summed E-state index contributed by atoms with van der Waals surface area (Å²) in [6.45, 7) is 8.67. The lowest BCUT2D eigenvalue weighted by molar-refractivity contribution is 0.0494. The van der Waals surface area contributed by atoms with Gasteiger partial charge in [-0.2, -0.15) is 0 Å². The van der Waals surface area contributed by atoms with Crippen LogP contribution in [-0.4, -0.2) is 35.3 Å². The highest BCUT2D eigenvalue weighted by Crippen LogP contribution is 2.23. The van der Waals surface area contributed by atoms with Gasteiger partial charge in [0.05, 0.1) is 0 Å². The highest BCUT2D eigenvalue weighted by atomic mass is 16.6. The zero-order valence-electron chi connectivity index (χ0n) is 13.3. The van der Waals surface area contributed by atoms with Gasteiger partial charge in [0.1, 0.15) is 11.4 Å². The van der Waals surface area contributed by atoms with E-state index >= 15 is 0 Å². The zero-order valence-corrected chi connectivity index (χ0v) is 13.3. The molecule has 2 heterocycles. The SMILES string of the molecule is CC1CC(NC(=O)OC(C)(C)C)CCN1c1ccccn1. The molecule has 116 valence electrons. The largest absolute Gasteiger partial charge is 0.444 e. The van der Waals surface area contributed by atoms with E-state index in [9.17, 15) is 4.79 Å². The first-order valence-electron chi connectivity index (χ1n) is 7.52. The summed E-state index contributed by atoms with van der Waals surface area (Å²) in [6.07, 6.45) is 3.29. The van der Waals surface area contributed by atoms with E-state index in [0.717, 1.165) is 25.2 Å². The third kappa shape index (κ3) is 4.62. The average molecular weight is 291 g/mol. The maximum atomic E-state index is 11.8. The summed E-state index contributed by atoms with van der Waals surface area (Å²) < 4.78 is 5.31. The number of carbonyl (C=O) groups excluding carboxylic acids is 1. The molecule has 1 aromatic rings. The molecule has 0 bridgehead atoms. The molecule has 5 heteroatoms. The summed E-state index contributed by atoms with van der Waals surface area (Å²) in [7, 11) is 0. The van der Waals surface area contributed by atoms with Gasteiger partial charge < -0.3 is 15.0 Å². The molecule has 1 N–H and O–H groups in total. The van der Waals surface area contributed by atoms with Gasteiger partial charge in [-0.1, -0.05) is 6.07 Å². The lowest BCUT2D eigenvalue weighted by Gasteiger charge is -2.38. The maximum Gasteiger partial charge on any atom is 0.407 e. The van der Waals surface area contributed by atoms with E-state index in [4.69, 9.17) is 4.74 Å². The third-order valence-electron chi connectivity index (χ3n) is 3.54. The Bertz CT molecular complexity index is 470. The smallest absolute Gasteiger partial charge is 0.407 e. The number of nitrogens with one attached hydrogen (secondary N) is 1. The van der Waals surface area contributed by atoms with Crippen LogP contribution in [0.2, 0.25) is 0 Å². The number of alkyl carbamates (subject to hydrolysis) is 1.